The maximum Gasteiger partial charge on any atom is 0.223 e. The summed E-state index contributed by atoms with van der Waals surface area (Å²) in [6.07, 6.45) is 1.96. The molecule has 3 aromatic rings. The van der Waals surface area contributed by atoms with Gasteiger partial charge in [-0.1, -0.05) is 29.4 Å². The second kappa shape index (κ2) is 8.71. The molecule has 1 fully saturated rings. The van der Waals surface area contributed by atoms with Crippen LogP contribution in [0.2, 0.25) is 0 Å². The Kier molecular flexibility index (Phi) is 6.31. The van der Waals surface area contributed by atoms with Crippen LogP contribution >= 0.6 is 12.4 Å². The minimum atomic E-state index is 0. The Hall–Kier alpha value is -2.44. The van der Waals surface area contributed by atoms with Gasteiger partial charge in [-0.15, -0.1) is 12.4 Å². The van der Waals surface area contributed by atoms with Gasteiger partial charge >= 0.3 is 0 Å². The van der Waals surface area contributed by atoms with Gasteiger partial charge in [0.05, 0.1) is 0 Å². The molecule has 1 aliphatic rings. The molecule has 1 aliphatic heterocycles. The van der Waals surface area contributed by atoms with Crippen LogP contribution in [0.3, 0.4) is 0 Å². The third-order valence-electron chi connectivity index (χ3n) is 5.12. The van der Waals surface area contributed by atoms with Crippen LogP contribution in [0.4, 0.5) is 5.82 Å². The summed E-state index contributed by atoms with van der Waals surface area (Å²) in [5, 5.41) is 3.96. The monoisotopic (exact) mass is 399 g/mol. The number of piperazine rings is 1. The molecular weight excluding hydrogens is 374 g/mol. The Morgan fingerprint density at radius 2 is 1.54 bits per heavy atom. The van der Waals surface area contributed by atoms with Gasteiger partial charge in [0.1, 0.15) is 5.82 Å². The Balaban J connectivity index is 0.00000225. The van der Waals surface area contributed by atoms with Crippen LogP contribution in [0.1, 0.15) is 19.7 Å². The lowest BCUT2D eigenvalue weighted by atomic mass is 10.1. The number of halogens is 1. The fourth-order valence-electron chi connectivity index (χ4n) is 3.44. The second-order valence-corrected chi connectivity index (χ2v) is 7.24. The van der Waals surface area contributed by atoms with Gasteiger partial charge in [-0.25, -0.2) is 4.98 Å². The Labute approximate surface area is 172 Å². The van der Waals surface area contributed by atoms with Crippen molar-refractivity contribution in [2.45, 2.75) is 26.8 Å². The molecule has 0 bridgehead atoms. The molecule has 0 N–H and O–H groups in total. The van der Waals surface area contributed by atoms with Crippen molar-refractivity contribution in [3.05, 3.63) is 48.5 Å². The number of benzene rings is 1. The molecule has 0 saturated carbocycles. The van der Waals surface area contributed by atoms with E-state index in [0.29, 0.717) is 17.8 Å². The predicted octanol–water partition coefficient (Wildman–Crippen LogP) is 4.06. The summed E-state index contributed by atoms with van der Waals surface area (Å²) in [5.74, 6) is 2.25. The number of aryl methyl sites for hydroxylation is 1. The van der Waals surface area contributed by atoms with Gasteiger partial charge in [-0.3, -0.25) is 4.90 Å². The van der Waals surface area contributed by atoms with E-state index in [1.807, 2.05) is 18.3 Å². The molecule has 0 unspecified atom stereocenters. The zero-order valence-electron chi connectivity index (χ0n) is 16.5. The van der Waals surface area contributed by atoms with Gasteiger partial charge in [-0.05, 0) is 31.5 Å². The molecule has 0 amide bonds. The Bertz CT molecular complexity index is 884. The summed E-state index contributed by atoms with van der Waals surface area (Å²) < 4.78 is 5.05. The average molecular weight is 400 g/mol. The number of hydrogen-bond donors (Lipinski definition) is 0. The van der Waals surface area contributed by atoms with E-state index >= 15 is 0 Å². The van der Waals surface area contributed by atoms with Crippen LogP contribution in [-0.4, -0.2) is 52.2 Å². The molecule has 4 rings (SSSR count). The highest BCUT2D eigenvalue weighted by atomic mass is 35.5. The van der Waals surface area contributed by atoms with Crippen molar-refractivity contribution in [2.75, 3.05) is 31.1 Å². The summed E-state index contributed by atoms with van der Waals surface area (Å²) in [5.41, 5.74) is 3.18. The van der Waals surface area contributed by atoms with Gasteiger partial charge in [-0.2, -0.15) is 4.98 Å². The largest absolute Gasteiger partial charge is 0.354 e. The summed E-state index contributed by atoms with van der Waals surface area (Å²) in [4.78, 5) is 13.8. The third kappa shape index (κ3) is 4.34. The van der Waals surface area contributed by atoms with Gasteiger partial charge < -0.3 is 9.42 Å². The third-order valence-corrected chi connectivity index (χ3v) is 5.12. The van der Waals surface area contributed by atoms with Crippen LogP contribution in [0.25, 0.3) is 22.5 Å². The van der Waals surface area contributed by atoms with Crippen molar-refractivity contribution in [3.63, 3.8) is 0 Å². The van der Waals surface area contributed by atoms with Crippen LogP contribution in [-0.2, 0) is 0 Å². The summed E-state index contributed by atoms with van der Waals surface area (Å²) in [6, 6.07) is 13.0. The summed E-state index contributed by atoms with van der Waals surface area (Å²) in [7, 11) is 0. The average Bonchev–Trinajstić information content (AvgIpc) is 3.15. The first-order valence-corrected chi connectivity index (χ1v) is 9.46. The fraction of sp³-hybridized carbons (Fsp3) is 0.381. The zero-order valence-corrected chi connectivity index (χ0v) is 17.3. The van der Waals surface area contributed by atoms with Gasteiger partial charge in [0, 0.05) is 56.5 Å². The first-order valence-electron chi connectivity index (χ1n) is 9.46. The molecule has 148 valence electrons. The zero-order chi connectivity index (χ0) is 18.8. The van der Waals surface area contributed by atoms with Crippen LogP contribution in [0, 0.1) is 6.92 Å². The van der Waals surface area contributed by atoms with Gasteiger partial charge in [0.15, 0.2) is 0 Å². The van der Waals surface area contributed by atoms with E-state index < -0.39 is 0 Å². The standard InChI is InChI=1S/C21H25N5O.ClH/c1-15(2)25-10-12-26(13-11-25)20-9-8-19(14-22-20)17-4-6-18(7-5-17)21-23-16(3)27-24-21;/h4-9,14-15H,10-13H2,1-3H3;1H. The highest BCUT2D eigenvalue weighted by Gasteiger charge is 2.19. The van der Waals surface area contributed by atoms with E-state index in [2.05, 4.69) is 58.1 Å². The quantitative estimate of drug-likeness (QED) is 0.659. The van der Waals surface area contributed by atoms with E-state index in [1.54, 1.807) is 6.92 Å². The Morgan fingerprint density at radius 3 is 2.07 bits per heavy atom. The van der Waals surface area contributed by atoms with E-state index in [0.717, 1.165) is 48.7 Å². The molecule has 0 atom stereocenters. The SMILES string of the molecule is Cc1nc(-c2ccc(-c3ccc(N4CCN(C(C)C)CC4)nc3)cc2)no1.Cl. The normalized spacial score (nSPS) is 14.9. The van der Waals surface area contributed by atoms with Crippen molar-refractivity contribution < 1.29 is 4.52 Å². The molecule has 3 heterocycles. The fourth-order valence-corrected chi connectivity index (χ4v) is 3.44. The van der Waals surface area contributed by atoms with Crippen LogP contribution in [0.15, 0.2) is 47.1 Å². The van der Waals surface area contributed by atoms with Gasteiger partial charge in [0.2, 0.25) is 11.7 Å². The summed E-state index contributed by atoms with van der Waals surface area (Å²) >= 11 is 0. The molecule has 0 spiro atoms. The lowest BCUT2D eigenvalue weighted by Crippen LogP contribution is -2.49. The second-order valence-electron chi connectivity index (χ2n) is 7.24. The van der Waals surface area contributed by atoms with Crippen molar-refractivity contribution in [2.24, 2.45) is 0 Å². The maximum atomic E-state index is 5.05. The topological polar surface area (TPSA) is 58.3 Å². The van der Waals surface area contributed by atoms with Gasteiger partial charge in [0.25, 0.3) is 0 Å². The number of pyridine rings is 1. The van der Waals surface area contributed by atoms with Crippen molar-refractivity contribution >= 4 is 18.2 Å². The maximum absolute atomic E-state index is 5.05. The van der Waals surface area contributed by atoms with E-state index in [4.69, 9.17) is 9.51 Å². The van der Waals surface area contributed by atoms with Crippen LogP contribution in [0.5, 0.6) is 0 Å². The molecule has 6 nitrogen and oxygen atoms in total. The molecular formula is C21H26ClN5O. The number of nitrogens with zero attached hydrogens (tertiary/aromatic N) is 5. The van der Waals surface area contributed by atoms with E-state index in [9.17, 15) is 0 Å². The first kappa shape index (κ1) is 20.3. The number of rotatable bonds is 4. The van der Waals surface area contributed by atoms with E-state index in [-0.39, 0.29) is 12.4 Å². The number of anilines is 1. The molecule has 0 aliphatic carbocycles. The number of aromatic nitrogens is 3. The lowest BCUT2D eigenvalue weighted by Gasteiger charge is -2.37. The number of hydrogen-bond acceptors (Lipinski definition) is 6. The van der Waals surface area contributed by atoms with E-state index in [1.165, 1.54) is 0 Å². The first-order chi connectivity index (χ1) is 13.1. The summed E-state index contributed by atoms with van der Waals surface area (Å²) in [6.45, 7) is 10.6. The van der Waals surface area contributed by atoms with Crippen molar-refractivity contribution in [1.29, 1.82) is 0 Å². The smallest absolute Gasteiger partial charge is 0.223 e. The Morgan fingerprint density at radius 1 is 0.893 bits per heavy atom. The molecule has 1 saturated heterocycles. The minimum absolute atomic E-state index is 0. The molecule has 1 aromatic carbocycles. The molecule has 28 heavy (non-hydrogen) atoms. The molecule has 0 radical (unpaired) electrons. The molecule has 7 heteroatoms. The lowest BCUT2D eigenvalue weighted by molar-refractivity contribution is 0.209. The highest BCUT2D eigenvalue weighted by molar-refractivity contribution is 5.85. The van der Waals surface area contributed by atoms with Crippen LogP contribution < -0.4 is 4.90 Å². The highest BCUT2D eigenvalue weighted by Crippen LogP contribution is 2.24. The van der Waals surface area contributed by atoms with Crippen molar-refractivity contribution in [3.8, 4) is 22.5 Å². The molecule has 2 aromatic heterocycles. The minimum Gasteiger partial charge on any atom is -0.354 e. The van der Waals surface area contributed by atoms with Crippen molar-refractivity contribution in [1.82, 2.24) is 20.0 Å². The predicted molar refractivity (Wildman–Crippen MR) is 114 cm³/mol.